The van der Waals surface area contributed by atoms with E-state index in [-0.39, 0.29) is 35.5 Å². The maximum Gasteiger partial charge on any atom is 2.00 e. The summed E-state index contributed by atoms with van der Waals surface area (Å²) in [6.45, 7) is 3.83. The van der Waals surface area contributed by atoms with Crippen molar-refractivity contribution in [1.29, 1.82) is 0 Å². The summed E-state index contributed by atoms with van der Waals surface area (Å²) < 4.78 is 59.2. The van der Waals surface area contributed by atoms with Crippen molar-refractivity contribution in [1.82, 2.24) is 14.9 Å². The van der Waals surface area contributed by atoms with Crippen molar-refractivity contribution >= 4 is 18.6 Å². The maximum atomic E-state index is 9.87. The van der Waals surface area contributed by atoms with Gasteiger partial charge in [0.05, 0.1) is 11.4 Å². The van der Waals surface area contributed by atoms with Crippen LogP contribution in [-0.4, -0.2) is 14.9 Å². The van der Waals surface area contributed by atoms with E-state index in [4.69, 9.17) is 0 Å². The molecule has 1 radical (unpaired) electrons. The Hall–Kier alpha value is -2.22. The van der Waals surface area contributed by atoms with Gasteiger partial charge in [-0.15, -0.1) is 0 Å². The first kappa shape index (κ1) is 31.8. The van der Waals surface area contributed by atoms with Crippen molar-refractivity contribution < 1.29 is 54.7 Å². The molecule has 199 valence electrons. The topological polar surface area (TPSA) is 29.0 Å². The monoisotopic (exact) mass is 596 g/mol. The third-order valence-electron chi connectivity index (χ3n) is 5.00. The molecule has 0 aliphatic rings. The van der Waals surface area contributed by atoms with Gasteiger partial charge in [-0.1, -0.05) is 54.6 Å². The Morgan fingerprint density at radius 2 is 1.14 bits per heavy atom. The number of aromatic nitrogens is 2. The molecule has 36 heavy (non-hydrogen) atoms. The molecule has 0 saturated heterocycles. The van der Waals surface area contributed by atoms with Crippen LogP contribution in [0.25, 0.3) is 10.8 Å². The van der Waals surface area contributed by atoms with Gasteiger partial charge in [0.15, 0.2) is 0 Å². The Morgan fingerprint density at radius 1 is 0.694 bits per heavy atom. The van der Waals surface area contributed by atoms with Crippen LogP contribution in [0.1, 0.15) is 29.9 Å². The first-order valence-electron chi connectivity index (χ1n) is 10.3. The van der Waals surface area contributed by atoms with Gasteiger partial charge in [-0.3, -0.25) is 14.9 Å². The predicted molar refractivity (Wildman–Crippen MR) is 124 cm³/mol. The van der Waals surface area contributed by atoms with Crippen LogP contribution in [0.2, 0.25) is 0 Å². The van der Waals surface area contributed by atoms with E-state index < -0.39 is 7.81 Å². The molecule has 0 aliphatic carbocycles. The Morgan fingerprint density at radius 3 is 1.61 bits per heavy atom. The summed E-state index contributed by atoms with van der Waals surface area (Å²) in [6, 6.07) is 27.6. The van der Waals surface area contributed by atoms with Gasteiger partial charge in [0.25, 0.3) is 0 Å². The second-order valence-electron chi connectivity index (χ2n) is 7.75. The molecular formula is C24H23ClCuF6N3P. The molecule has 1 atom stereocenters. The van der Waals surface area contributed by atoms with E-state index in [9.17, 15) is 25.2 Å². The summed E-state index contributed by atoms with van der Waals surface area (Å²) in [7, 11) is -10.7. The van der Waals surface area contributed by atoms with Gasteiger partial charge in [-0.05, 0) is 47.5 Å². The van der Waals surface area contributed by atoms with Crippen LogP contribution in [0.15, 0.2) is 91.3 Å². The zero-order valence-electron chi connectivity index (χ0n) is 18.9. The number of fused-ring (bicyclic) bond motifs is 1. The molecule has 12 heteroatoms. The molecule has 0 amide bonds. The number of rotatable bonds is 6. The van der Waals surface area contributed by atoms with Crippen LogP contribution in [0, 0.1) is 0 Å². The fourth-order valence-electron chi connectivity index (χ4n) is 3.54. The van der Waals surface area contributed by atoms with Crippen LogP contribution in [0.4, 0.5) is 25.2 Å². The Balaban J connectivity index is 0.000000637. The smallest absolute Gasteiger partial charge is 1.00 e. The summed E-state index contributed by atoms with van der Waals surface area (Å²) >= 11 is 0. The first-order valence-corrected chi connectivity index (χ1v) is 12.4. The SMILES string of the molecule is C[C@@H](c1cccc2ccccc12)N(Cc1ccccn1)Cc1ccccn1.F[P-](F)(F)(F)(F)F.[Cl-].[Cu+2]. The Kier molecular flexibility index (Phi) is 10.5. The molecule has 0 aliphatic heterocycles. The molecule has 0 bridgehead atoms. The summed E-state index contributed by atoms with van der Waals surface area (Å²) in [6.07, 6.45) is 3.72. The van der Waals surface area contributed by atoms with Crippen LogP contribution in [-0.2, 0) is 30.2 Å². The van der Waals surface area contributed by atoms with Gasteiger partial charge >= 0.3 is 50.1 Å². The van der Waals surface area contributed by atoms with Gasteiger partial charge in [-0.2, -0.15) is 0 Å². The van der Waals surface area contributed by atoms with Crippen LogP contribution in [0.3, 0.4) is 0 Å². The second-order valence-corrected chi connectivity index (χ2v) is 9.67. The molecule has 2 aromatic carbocycles. The summed E-state index contributed by atoms with van der Waals surface area (Å²) in [4.78, 5) is 11.5. The fourth-order valence-corrected chi connectivity index (χ4v) is 3.54. The molecule has 0 spiro atoms. The number of halogens is 7. The van der Waals surface area contributed by atoms with E-state index >= 15 is 0 Å². The van der Waals surface area contributed by atoms with E-state index in [1.54, 1.807) is 0 Å². The Bertz CT molecular complexity index is 1180. The molecule has 0 fully saturated rings. The first-order chi connectivity index (χ1) is 15.8. The van der Waals surface area contributed by atoms with Crippen LogP contribution >= 0.6 is 7.81 Å². The molecular weight excluding hydrogens is 574 g/mol. The second kappa shape index (κ2) is 11.9. The van der Waals surface area contributed by atoms with Crippen molar-refractivity contribution in [3.63, 3.8) is 0 Å². The van der Waals surface area contributed by atoms with Crippen molar-refractivity contribution in [3.8, 4) is 0 Å². The number of nitrogens with zero attached hydrogens (tertiary/aromatic N) is 3. The molecule has 0 unspecified atom stereocenters. The summed E-state index contributed by atoms with van der Waals surface area (Å²) in [5.74, 6) is 0. The van der Waals surface area contributed by atoms with Crippen molar-refractivity contribution in [2.24, 2.45) is 0 Å². The average molecular weight is 597 g/mol. The van der Waals surface area contributed by atoms with E-state index in [2.05, 4.69) is 76.4 Å². The zero-order chi connectivity index (χ0) is 24.9. The number of pyridine rings is 2. The van der Waals surface area contributed by atoms with Gasteiger partial charge in [0, 0.05) is 31.5 Å². The molecule has 2 aromatic heterocycles. The Labute approximate surface area is 222 Å². The fraction of sp³-hybridized carbons (Fsp3) is 0.167. The predicted octanol–water partition coefficient (Wildman–Crippen LogP) is 5.78. The van der Waals surface area contributed by atoms with E-state index in [0.717, 1.165) is 24.5 Å². The largest absolute Gasteiger partial charge is 2.00 e. The van der Waals surface area contributed by atoms with E-state index in [0.29, 0.717) is 0 Å². The molecule has 2 heterocycles. The zero-order valence-corrected chi connectivity index (χ0v) is 21.5. The normalized spacial score (nSPS) is 13.8. The quantitative estimate of drug-likeness (QED) is 0.161. The van der Waals surface area contributed by atoms with Gasteiger partial charge in [0.2, 0.25) is 0 Å². The average Bonchev–Trinajstić information content (AvgIpc) is 2.77. The minimum atomic E-state index is -10.7. The number of hydrogen-bond donors (Lipinski definition) is 0. The molecule has 4 aromatic rings. The van der Waals surface area contributed by atoms with Crippen molar-refractivity contribution in [3.05, 3.63) is 108 Å². The van der Waals surface area contributed by atoms with E-state index in [1.807, 2.05) is 36.7 Å². The molecule has 4 rings (SSSR count). The van der Waals surface area contributed by atoms with Gasteiger partial charge in [-0.25, -0.2) is 0 Å². The maximum absolute atomic E-state index is 10.7. The summed E-state index contributed by atoms with van der Waals surface area (Å²) in [5.41, 5.74) is 3.47. The van der Waals surface area contributed by atoms with Crippen LogP contribution in [0.5, 0.6) is 0 Å². The minimum Gasteiger partial charge on any atom is -1.00 e. The number of hydrogen-bond acceptors (Lipinski definition) is 3. The standard InChI is InChI=1S/C24H23N3.ClH.Cu.F6P/c1-19(23-14-8-10-20-9-2-3-13-24(20)23)27(17-21-11-4-6-15-25-21)18-22-12-5-7-16-26-22;;;1-7(2,3,4,5)6/h2-16,19H,17-18H2,1H3;1H;;/q;;+2;-1/p-1/t19-;;;/m0.../s1. The molecule has 3 nitrogen and oxygen atoms in total. The van der Waals surface area contributed by atoms with Crippen molar-refractivity contribution in [2.75, 3.05) is 0 Å². The molecule has 0 saturated carbocycles. The minimum absolute atomic E-state index is 0. The third-order valence-corrected chi connectivity index (χ3v) is 5.00. The van der Waals surface area contributed by atoms with Crippen molar-refractivity contribution in [2.45, 2.75) is 26.1 Å². The molecule has 0 N–H and O–H groups in total. The van der Waals surface area contributed by atoms with Gasteiger partial charge < -0.3 is 12.4 Å². The van der Waals surface area contributed by atoms with Crippen LogP contribution < -0.4 is 12.4 Å². The van der Waals surface area contributed by atoms with E-state index in [1.165, 1.54) is 16.3 Å². The van der Waals surface area contributed by atoms with Gasteiger partial charge in [0.1, 0.15) is 0 Å². The number of benzene rings is 2. The summed E-state index contributed by atoms with van der Waals surface area (Å²) in [5, 5.41) is 2.58. The third kappa shape index (κ3) is 11.7.